The van der Waals surface area contributed by atoms with E-state index in [0.717, 1.165) is 18.9 Å². The van der Waals surface area contributed by atoms with Crippen LogP contribution in [-0.2, 0) is 14.8 Å². The van der Waals surface area contributed by atoms with Gasteiger partial charge in [0, 0.05) is 19.2 Å². The minimum Gasteiger partial charge on any atom is -0.371 e. The molecule has 1 aromatic carbocycles. The molecule has 0 radical (unpaired) electrons. The Morgan fingerprint density at radius 1 is 1.35 bits per heavy atom. The Hall–Kier alpha value is -1.71. The second kappa shape index (κ2) is 5.73. The molecule has 9 heteroatoms. The Morgan fingerprint density at radius 2 is 2.04 bits per heavy atom. The van der Waals surface area contributed by atoms with Crippen molar-refractivity contribution in [1.82, 2.24) is 0 Å². The number of sulfonamides is 1. The summed E-state index contributed by atoms with van der Waals surface area (Å²) in [6, 6.07) is 3.79. The molecule has 1 aliphatic carbocycles. The van der Waals surface area contributed by atoms with Gasteiger partial charge in [-0.1, -0.05) is 0 Å². The first-order valence-corrected chi connectivity index (χ1v) is 9.02. The predicted molar refractivity (Wildman–Crippen MR) is 83.7 cm³/mol. The third kappa shape index (κ3) is 3.46. The van der Waals surface area contributed by atoms with Crippen LogP contribution in [-0.4, -0.2) is 38.6 Å². The van der Waals surface area contributed by atoms with E-state index in [2.05, 4.69) is 0 Å². The average Bonchev–Trinajstić information content (AvgIpc) is 3.29. The Labute approximate surface area is 134 Å². The molecule has 1 aliphatic heterocycles. The Kier molecular flexibility index (Phi) is 4.03. The number of morpholine rings is 1. The number of nitro groups is 1. The van der Waals surface area contributed by atoms with Gasteiger partial charge in [-0.25, -0.2) is 13.6 Å². The molecule has 0 spiro atoms. The van der Waals surface area contributed by atoms with E-state index in [-0.39, 0.29) is 22.8 Å². The van der Waals surface area contributed by atoms with Crippen molar-refractivity contribution in [3.63, 3.8) is 0 Å². The molecular weight excluding hydrogens is 322 g/mol. The lowest BCUT2D eigenvalue weighted by Crippen LogP contribution is -2.47. The minimum atomic E-state index is -3.98. The van der Waals surface area contributed by atoms with Gasteiger partial charge in [-0.05, 0) is 37.8 Å². The van der Waals surface area contributed by atoms with Gasteiger partial charge < -0.3 is 9.64 Å². The fraction of sp³-hybridized carbons (Fsp3) is 0.571. The summed E-state index contributed by atoms with van der Waals surface area (Å²) in [5, 5.41) is 16.4. The van der Waals surface area contributed by atoms with E-state index < -0.39 is 14.9 Å². The highest BCUT2D eigenvalue weighted by Gasteiger charge is 2.38. The SMILES string of the molecule is C[C@@H]1CN(c2ccc(S(N)(=O)=O)cc2[N+](=O)[O-])C[C@H](C2CC2)O1. The van der Waals surface area contributed by atoms with Crippen LogP contribution in [0.25, 0.3) is 0 Å². The second-order valence-electron chi connectivity index (χ2n) is 6.18. The van der Waals surface area contributed by atoms with E-state index in [1.54, 1.807) is 0 Å². The van der Waals surface area contributed by atoms with E-state index in [9.17, 15) is 18.5 Å². The Bertz CT molecular complexity index is 732. The summed E-state index contributed by atoms with van der Waals surface area (Å²) in [4.78, 5) is 12.4. The van der Waals surface area contributed by atoms with Crippen LogP contribution in [0, 0.1) is 16.0 Å². The molecule has 1 aromatic rings. The topological polar surface area (TPSA) is 116 Å². The first-order valence-electron chi connectivity index (χ1n) is 7.47. The molecule has 0 amide bonds. The molecule has 1 saturated carbocycles. The molecule has 8 nitrogen and oxygen atoms in total. The van der Waals surface area contributed by atoms with E-state index in [1.165, 1.54) is 12.1 Å². The van der Waals surface area contributed by atoms with Crippen LogP contribution in [0.5, 0.6) is 0 Å². The van der Waals surface area contributed by atoms with Crippen molar-refractivity contribution >= 4 is 21.4 Å². The van der Waals surface area contributed by atoms with Crippen molar-refractivity contribution in [2.75, 3.05) is 18.0 Å². The van der Waals surface area contributed by atoms with Crippen molar-refractivity contribution < 1.29 is 18.1 Å². The van der Waals surface area contributed by atoms with Gasteiger partial charge >= 0.3 is 0 Å². The highest BCUT2D eigenvalue weighted by Crippen LogP contribution is 2.39. The van der Waals surface area contributed by atoms with Gasteiger partial charge in [-0.3, -0.25) is 10.1 Å². The van der Waals surface area contributed by atoms with E-state index in [0.29, 0.717) is 24.7 Å². The summed E-state index contributed by atoms with van der Waals surface area (Å²) >= 11 is 0. The molecule has 0 aromatic heterocycles. The molecule has 126 valence electrons. The maximum atomic E-state index is 11.4. The maximum Gasteiger partial charge on any atom is 0.293 e. The smallest absolute Gasteiger partial charge is 0.293 e. The van der Waals surface area contributed by atoms with Crippen LogP contribution in [0.15, 0.2) is 23.1 Å². The van der Waals surface area contributed by atoms with E-state index in [1.807, 2.05) is 11.8 Å². The van der Waals surface area contributed by atoms with Gasteiger partial charge in [0.25, 0.3) is 5.69 Å². The number of nitro benzene ring substituents is 1. The molecule has 23 heavy (non-hydrogen) atoms. The summed E-state index contributed by atoms with van der Waals surface area (Å²) in [6.07, 6.45) is 2.28. The Morgan fingerprint density at radius 3 is 2.61 bits per heavy atom. The van der Waals surface area contributed by atoms with Crippen molar-refractivity contribution in [2.24, 2.45) is 11.1 Å². The Balaban J connectivity index is 1.96. The summed E-state index contributed by atoms with van der Waals surface area (Å²) in [6.45, 7) is 3.04. The molecule has 2 fully saturated rings. The van der Waals surface area contributed by atoms with Crippen molar-refractivity contribution in [3.8, 4) is 0 Å². The lowest BCUT2D eigenvalue weighted by Gasteiger charge is -2.38. The molecule has 1 saturated heterocycles. The highest BCUT2D eigenvalue weighted by molar-refractivity contribution is 7.89. The number of ether oxygens (including phenoxy) is 1. The number of nitrogens with two attached hydrogens (primary N) is 1. The average molecular weight is 341 g/mol. The van der Waals surface area contributed by atoms with Gasteiger partial charge in [0.1, 0.15) is 5.69 Å². The first-order chi connectivity index (χ1) is 10.8. The van der Waals surface area contributed by atoms with Gasteiger partial charge in [0.2, 0.25) is 10.0 Å². The van der Waals surface area contributed by atoms with Crippen molar-refractivity contribution in [2.45, 2.75) is 36.9 Å². The highest BCUT2D eigenvalue weighted by atomic mass is 32.2. The van der Waals surface area contributed by atoms with Crippen LogP contribution in [0.4, 0.5) is 11.4 Å². The number of primary sulfonamides is 1. The molecule has 2 N–H and O–H groups in total. The number of hydrogen-bond donors (Lipinski definition) is 1. The van der Waals surface area contributed by atoms with Crippen molar-refractivity contribution in [3.05, 3.63) is 28.3 Å². The van der Waals surface area contributed by atoms with Crippen molar-refractivity contribution in [1.29, 1.82) is 0 Å². The summed E-state index contributed by atoms with van der Waals surface area (Å²) in [7, 11) is -3.98. The quantitative estimate of drug-likeness (QED) is 0.651. The third-order valence-electron chi connectivity index (χ3n) is 4.25. The maximum absolute atomic E-state index is 11.4. The zero-order valence-corrected chi connectivity index (χ0v) is 13.5. The molecular formula is C14H19N3O5S. The van der Waals surface area contributed by atoms with Gasteiger partial charge in [-0.2, -0.15) is 0 Å². The standard InChI is InChI=1S/C14H19N3O5S/c1-9-7-16(8-14(22-9)10-2-3-10)12-5-4-11(23(15,20)21)6-13(12)17(18)19/h4-6,9-10,14H,2-3,7-8H2,1H3,(H2,15,20,21)/t9-,14-/m1/s1. The normalized spacial score (nSPS) is 25.4. The zero-order chi connectivity index (χ0) is 16.8. The summed E-state index contributed by atoms with van der Waals surface area (Å²) < 4.78 is 28.7. The zero-order valence-electron chi connectivity index (χ0n) is 12.7. The molecule has 3 rings (SSSR count). The number of anilines is 1. The number of rotatable bonds is 4. The lowest BCUT2D eigenvalue weighted by molar-refractivity contribution is -0.384. The summed E-state index contributed by atoms with van der Waals surface area (Å²) in [5.74, 6) is 0.517. The van der Waals surface area contributed by atoms with Crippen LogP contribution in [0.1, 0.15) is 19.8 Å². The number of hydrogen-bond acceptors (Lipinski definition) is 6. The predicted octanol–water partition coefficient (Wildman–Crippen LogP) is 1.25. The second-order valence-corrected chi connectivity index (χ2v) is 7.74. The van der Waals surface area contributed by atoms with Crippen LogP contribution in [0.2, 0.25) is 0 Å². The lowest BCUT2D eigenvalue weighted by atomic mass is 10.1. The van der Waals surface area contributed by atoms with Crippen LogP contribution >= 0.6 is 0 Å². The fourth-order valence-electron chi connectivity index (χ4n) is 3.01. The van der Waals surface area contributed by atoms with E-state index >= 15 is 0 Å². The molecule has 2 aliphatic rings. The van der Waals surface area contributed by atoms with Gasteiger partial charge in [0.05, 0.1) is 22.0 Å². The van der Waals surface area contributed by atoms with Gasteiger partial charge in [0.15, 0.2) is 0 Å². The molecule has 1 heterocycles. The molecule has 2 atom stereocenters. The molecule has 0 unspecified atom stereocenters. The monoisotopic (exact) mass is 341 g/mol. The van der Waals surface area contributed by atoms with Gasteiger partial charge in [-0.15, -0.1) is 0 Å². The third-order valence-corrected chi connectivity index (χ3v) is 5.16. The van der Waals surface area contributed by atoms with Crippen LogP contribution < -0.4 is 10.0 Å². The largest absolute Gasteiger partial charge is 0.371 e. The molecule has 0 bridgehead atoms. The fourth-order valence-corrected chi connectivity index (χ4v) is 3.54. The van der Waals surface area contributed by atoms with E-state index in [4.69, 9.17) is 9.88 Å². The summed E-state index contributed by atoms with van der Waals surface area (Å²) in [5.41, 5.74) is 0.156. The van der Waals surface area contributed by atoms with Crippen LogP contribution in [0.3, 0.4) is 0 Å². The minimum absolute atomic E-state index is 0.0353. The number of nitrogens with zero attached hydrogens (tertiary/aromatic N) is 2. The number of benzene rings is 1. The first kappa shape index (κ1) is 16.2.